The third kappa shape index (κ3) is 5.76. The molecule has 0 bridgehead atoms. The highest BCUT2D eigenvalue weighted by atomic mass is 28.3. The molecule has 0 spiro atoms. The molecule has 0 unspecified atom stereocenters. The van der Waals surface area contributed by atoms with E-state index in [1.807, 2.05) is 0 Å². The quantitative estimate of drug-likeness (QED) is 0.0752. The maximum absolute atomic E-state index is 5.60. The molecule has 0 fully saturated rings. The first-order valence-corrected chi connectivity index (χ1v) is 23.2. The third-order valence-electron chi connectivity index (χ3n) is 12.0. The summed E-state index contributed by atoms with van der Waals surface area (Å²) in [5.74, 6) is 7.75. The Morgan fingerprint density at radius 3 is 1.30 bits per heavy atom. The van der Waals surface area contributed by atoms with E-state index in [2.05, 4.69) is 179 Å². The molecule has 0 atom stereocenters. The standard InChI is InChI=1S/C46H54N2Si2/c1-29(2)49(30(3)4,31(5)6)25-23-40-38-19-15-16-20-39(38)41(24-26-50(32(7)8,33(9)10)34(11)12)46-45(40)47-43-22-21-37-27-35-17-13-14-18-36(35)28-42(37)44(43)48-46/h13-22,27-34H,1-12H3. The number of rotatable bonds is 6. The van der Waals surface area contributed by atoms with Gasteiger partial charge in [0.25, 0.3) is 0 Å². The van der Waals surface area contributed by atoms with Crippen molar-refractivity contribution < 1.29 is 0 Å². The largest absolute Gasteiger partial charge is 0.243 e. The Bertz CT molecular complexity index is 2330. The number of fused-ring (bicyclic) bond motifs is 6. The summed E-state index contributed by atoms with van der Waals surface area (Å²) in [7, 11) is -4.06. The van der Waals surface area contributed by atoms with Gasteiger partial charge in [0.1, 0.15) is 27.2 Å². The Labute approximate surface area is 302 Å². The van der Waals surface area contributed by atoms with E-state index in [0.717, 1.165) is 49.4 Å². The highest BCUT2D eigenvalue weighted by Gasteiger charge is 2.43. The Morgan fingerprint density at radius 1 is 0.420 bits per heavy atom. The van der Waals surface area contributed by atoms with Crippen LogP contribution in [0.15, 0.2) is 72.8 Å². The maximum Gasteiger partial charge on any atom is 0.146 e. The molecule has 6 aromatic rings. The lowest BCUT2D eigenvalue weighted by Gasteiger charge is -2.38. The number of hydrogen-bond acceptors (Lipinski definition) is 2. The van der Waals surface area contributed by atoms with Crippen LogP contribution in [0.3, 0.4) is 0 Å². The van der Waals surface area contributed by atoms with E-state index in [9.17, 15) is 0 Å². The summed E-state index contributed by atoms with van der Waals surface area (Å²) in [5, 5.41) is 6.98. The van der Waals surface area contributed by atoms with Gasteiger partial charge in [0.15, 0.2) is 0 Å². The van der Waals surface area contributed by atoms with Crippen molar-refractivity contribution in [1.29, 1.82) is 0 Å². The summed E-state index contributed by atoms with van der Waals surface area (Å²) in [4.78, 5) is 11.1. The van der Waals surface area contributed by atoms with Crippen molar-refractivity contribution in [3.05, 3.63) is 83.9 Å². The topological polar surface area (TPSA) is 25.8 Å². The van der Waals surface area contributed by atoms with Crippen LogP contribution >= 0.6 is 0 Å². The van der Waals surface area contributed by atoms with Crippen LogP contribution in [0.2, 0.25) is 33.2 Å². The zero-order chi connectivity index (χ0) is 36.1. The zero-order valence-electron chi connectivity index (χ0n) is 32.3. The van der Waals surface area contributed by atoms with E-state index in [4.69, 9.17) is 9.97 Å². The van der Waals surface area contributed by atoms with E-state index < -0.39 is 16.1 Å². The summed E-state index contributed by atoms with van der Waals surface area (Å²) in [5.41, 5.74) is 16.8. The molecule has 0 radical (unpaired) electrons. The van der Waals surface area contributed by atoms with Crippen LogP contribution in [0.5, 0.6) is 0 Å². The molecule has 0 aliphatic carbocycles. The molecule has 0 aliphatic rings. The number of benzene rings is 5. The molecular formula is C46H54N2Si2. The van der Waals surface area contributed by atoms with Gasteiger partial charge in [-0.1, -0.05) is 150 Å². The second-order valence-corrected chi connectivity index (χ2v) is 27.5. The first-order valence-electron chi connectivity index (χ1n) is 18.8. The molecule has 0 saturated carbocycles. The van der Waals surface area contributed by atoms with Gasteiger partial charge in [0.2, 0.25) is 0 Å². The summed E-state index contributed by atoms with van der Waals surface area (Å²) >= 11 is 0. The van der Waals surface area contributed by atoms with Crippen molar-refractivity contribution in [2.45, 2.75) is 116 Å². The lowest BCUT2D eigenvalue weighted by atomic mass is 9.96. The fraction of sp³-hybridized carbons (Fsp3) is 0.391. The molecule has 0 N–H and O–H groups in total. The average molecular weight is 691 g/mol. The molecule has 2 nitrogen and oxygen atoms in total. The number of nitrogens with zero attached hydrogens (tertiary/aromatic N) is 2. The smallest absolute Gasteiger partial charge is 0.146 e. The Hall–Kier alpha value is -3.97. The van der Waals surface area contributed by atoms with Gasteiger partial charge in [-0.2, -0.15) is 0 Å². The monoisotopic (exact) mass is 690 g/mol. The Balaban J connectivity index is 1.81. The van der Waals surface area contributed by atoms with Crippen LogP contribution in [-0.4, -0.2) is 26.1 Å². The minimum absolute atomic E-state index is 0.531. The lowest BCUT2D eigenvalue weighted by Crippen LogP contribution is -2.43. The van der Waals surface area contributed by atoms with E-state index in [0.29, 0.717) is 33.2 Å². The van der Waals surface area contributed by atoms with Gasteiger partial charge in [-0.3, -0.25) is 0 Å². The minimum Gasteiger partial charge on any atom is -0.243 e. The average Bonchev–Trinajstić information content (AvgIpc) is 3.06. The summed E-state index contributed by atoms with van der Waals surface area (Å²) in [6.45, 7) is 28.6. The van der Waals surface area contributed by atoms with Gasteiger partial charge in [0.05, 0.1) is 22.2 Å². The lowest BCUT2D eigenvalue weighted by molar-refractivity contribution is 0.838. The van der Waals surface area contributed by atoms with Crippen LogP contribution in [0, 0.1) is 22.9 Å². The molecule has 0 amide bonds. The van der Waals surface area contributed by atoms with Gasteiger partial charge in [-0.05, 0) is 67.6 Å². The van der Waals surface area contributed by atoms with Gasteiger partial charge >= 0.3 is 0 Å². The summed E-state index contributed by atoms with van der Waals surface area (Å²) in [6, 6.07) is 26.2. The van der Waals surface area contributed by atoms with Crippen LogP contribution < -0.4 is 0 Å². The molecule has 1 heterocycles. The maximum atomic E-state index is 5.60. The Kier molecular flexibility index (Phi) is 9.77. The van der Waals surface area contributed by atoms with E-state index in [-0.39, 0.29) is 0 Å². The van der Waals surface area contributed by atoms with Crippen molar-refractivity contribution in [3.8, 4) is 22.9 Å². The van der Waals surface area contributed by atoms with Crippen molar-refractivity contribution in [2.24, 2.45) is 0 Å². The third-order valence-corrected chi connectivity index (χ3v) is 24.6. The Morgan fingerprint density at radius 2 is 0.840 bits per heavy atom. The van der Waals surface area contributed by atoms with Crippen molar-refractivity contribution >= 4 is 70.5 Å². The molecule has 4 heteroatoms. The number of hydrogen-bond donors (Lipinski definition) is 0. The first-order chi connectivity index (χ1) is 23.7. The normalized spacial score (nSPS) is 12.8. The second kappa shape index (κ2) is 13.6. The van der Waals surface area contributed by atoms with Gasteiger partial charge in [0, 0.05) is 16.2 Å². The highest BCUT2D eigenvalue weighted by molar-refractivity contribution is 6.91. The molecule has 50 heavy (non-hydrogen) atoms. The molecule has 256 valence electrons. The van der Waals surface area contributed by atoms with E-state index in [1.54, 1.807) is 0 Å². The summed E-state index contributed by atoms with van der Waals surface area (Å²) in [6.07, 6.45) is 0. The molecule has 5 aromatic carbocycles. The number of aromatic nitrogens is 2. The minimum atomic E-state index is -2.04. The van der Waals surface area contributed by atoms with Crippen LogP contribution in [0.25, 0.3) is 54.4 Å². The summed E-state index contributed by atoms with van der Waals surface area (Å²) < 4.78 is 0. The van der Waals surface area contributed by atoms with Crippen LogP contribution in [-0.2, 0) is 0 Å². The SMILES string of the molecule is CC(C)[Si](C#Cc1c2ccccc2c(C#C[Si](C(C)C)(C(C)C)C(C)C)c2nc3c(ccc4cc5ccccc5cc43)nc12)(C(C)C)C(C)C. The molecular weight excluding hydrogens is 637 g/mol. The fourth-order valence-corrected chi connectivity index (χ4v) is 19.9. The van der Waals surface area contributed by atoms with Crippen molar-refractivity contribution in [3.63, 3.8) is 0 Å². The first kappa shape index (κ1) is 35.8. The van der Waals surface area contributed by atoms with Gasteiger partial charge in [-0.15, -0.1) is 11.1 Å². The van der Waals surface area contributed by atoms with Crippen molar-refractivity contribution in [1.82, 2.24) is 9.97 Å². The fourth-order valence-electron chi connectivity index (χ4n) is 9.52. The molecule has 0 saturated heterocycles. The van der Waals surface area contributed by atoms with Gasteiger partial charge in [-0.25, -0.2) is 9.97 Å². The predicted octanol–water partition coefficient (Wildman–Crippen LogP) is 13.4. The van der Waals surface area contributed by atoms with Gasteiger partial charge < -0.3 is 0 Å². The highest BCUT2D eigenvalue weighted by Crippen LogP contribution is 2.43. The molecule has 0 aliphatic heterocycles. The van der Waals surface area contributed by atoms with Crippen LogP contribution in [0.1, 0.15) is 94.2 Å². The zero-order valence-corrected chi connectivity index (χ0v) is 34.3. The molecule has 6 rings (SSSR count). The van der Waals surface area contributed by atoms with E-state index in [1.165, 1.54) is 16.2 Å². The van der Waals surface area contributed by atoms with Crippen LogP contribution in [0.4, 0.5) is 0 Å². The second-order valence-electron chi connectivity index (χ2n) is 16.4. The molecule has 1 aromatic heterocycles. The predicted molar refractivity (Wildman–Crippen MR) is 225 cm³/mol. The van der Waals surface area contributed by atoms with Crippen molar-refractivity contribution in [2.75, 3.05) is 0 Å². The van der Waals surface area contributed by atoms with E-state index >= 15 is 0 Å².